The Labute approximate surface area is 119 Å². The summed E-state index contributed by atoms with van der Waals surface area (Å²) < 4.78 is 0. The maximum Gasteiger partial charge on any atom is 0.263 e. The number of rotatable bonds is 2. The molecule has 1 unspecified atom stereocenters. The van der Waals surface area contributed by atoms with Gasteiger partial charge in [0.15, 0.2) is 0 Å². The monoisotopic (exact) mass is 291 g/mol. The molecule has 2 aliphatic rings. The smallest absolute Gasteiger partial charge is 0.263 e. The van der Waals surface area contributed by atoms with E-state index in [2.05, 4.69) is 10.6 Å². The minimum Gasteiger partial charge on any atom is -0.324 e. The molecule has 2 N–H and O–H groups in total. The van der Waals surface area contributed by atoms with Gasteiger partial charge in [0.25, 0.3) is 11.8 Å². The Hall–Kier alpha value is -1.86. The molecular formula is C13H13N3O3S. The SMILES string of the molecule is CN1C(=O)c2cccc(NC(=O)C3CSCN3)c2C1=O. The number of carbonyl (C=O) groups is 3. The summed E-state index contributed by atoms with van der Waals surface area (Å²) in [5.41, 5.74) is 1.01. The third-order valence-corrected chi connectivity index (χ3v) is 4.35. The van der Waals surface area contributed by atoms with Crippen LogP contribution in [0.5, 0.6) is 0 Å². The highest BCUT2D eigenvalue weighted by Crippen LogP contribution is 2.28. The zero-order valence-corrected chi connectivity index (χ0v) is 11.6. The van der Waals surface area contributed by atoms with E-state index in [9.17, 15) is 14.4 Å². The molecule has 7 heteroatoms. The average Bonchev–Trinajstić information content (AvgIpc) is 3.05. The van der Waals surface area contributed by atoms with Gasteiger partial charge in [-0.1, -0.05) is 6.07 Å². The Morgan fingerprint density at radius 1 is 1.40 bits per heavy atom. The van der Waals surface area contributed by atoms with Crippen molar-refractivity contribution in [3.05, 3.63) is 29.3 Å². The number of amides is 3. The van der Waals surface area contributed by atoms with Crippen molar-refractivity contribution >= 4 is 35.2 Å². The fourth-order valence-corrected chi connectivity index (χ4v) is 3.23. The fourth-order valence-electron chi connectivity index (χ4n) is 2.29. The van der Waals surface area contributed by atoms with E-state index in [0.717, 1.165) is 10.8 Å². The van der Waals surface area contributed by atoms with E-state index in [1.165, 1.54) is 7.05 Å². The molecule has 1 fully saturated rings. The Kier molecular flexibility index (Phi) is 3.23. The molecule has 20 heavy (non-hydrogen) atoms. The first kappa shape index (κ1) is 13.1. The van der Waals surface area contributed by atoms with Crippen molar-refractivity contribution in [2.45, 2.75) is 6.04 Å². The number of carbonyl (C=O) groups excluding carboxylic acids is 3. The lowest BCUT2D eigenvalue weighted by atomic mass is 10.1. The van der Waals surface area contributed by atoms with Crippen molar-refractivity contribution in [3.63, 3.8) is 0 Å². The van der Waals surface area contributed by atoms with Crippen LogP contribution in [0.3, 0.4) is 0 Å². The number of hydrogen-bond donors (Lipinski definition) is 2. The van der Waals surface area contributed by atoms with Crippen LogP contribution in [-0.4, -0.2) is 47.3 Å². The second-order valence-electron chi connectivity index (χ2n) is 4.66. The minimum atomic E-state index is -0.380. The predicted octanol–water partition coefficient (Wildman–Crippen LogP) is 0.513. The van der Waals surface area contributed by atoms with E-state index in [1.54, 1.807) is 30.0 Å². The first-order valence-electron chi connectivity index (χ1n) is 6.17. The molecule has 0 radical (unpaired) electrons. The summed E-state index contributed by atoms with van der Waals surface area (Å²) in [6, 6.07) is 4.64. The van der Waals surface area contributed by atoms with E-state index < -0.39 is 0 Å². The maximum absolute atomic E-state index is 12.1. The average molecular weight is 291 g/mol. The molecule has 0 aliphatic carbocycles. The van der Waals surface area contributed by atoms with Gasteiger partial charge < -0.3 is 5.32 Å². The number of benzene rings is 1. The quantitative estimate of drug-likeness (QED) is 0.776. The highest BCUT2D eigenvalue weighted by atomic mass is 32.2. The predicted molar refractivity (Wildman–Crippen MR) is 75.7 cm³/mol. The molecule has 1 saturated heterocycles. The number of fused-ring (bicyclic) bond motifs is 1. The van der Waals surface area contributed by atoms with E-state index in [0.29, 0.717) is 17.0 Å². The summed E-state index contributed by atoms with van der Waals surface area (Å²) in [5, 5.41) is 5.80. The van der Waals surface area contributed by atoms with E-state index in [1.807, 2.05) is 0 Å². The Morgan fingerprint density at radius 3 is 2.90 bits per heavy atom. The van der Waals surface area contributed by atoms with Crippen LogP contribution < -0.4 is 10.6 Å². The van der Waals surface area contributed by atoms with Gasteiger partial charge in [-0.2, -0.15) is 0 Å². The number of imide groups is 1. The number of thioether (sulfide) groups is 1. The van der Waals surface area contributed by atoms with Crippen LogP contribution in [0, 0.1) is 0 Å². The van der Waals surface area contributed by atoms with Crippen molar-refractivity contribution in [2.75, 3.05) is 24.0 Å². The topological polar surface area (TPSA) is 78.5 Å². The summed E-state index contributed by atoms with van der Waals surface area (Å²) in [7, 11) is 1.44. The molecule has 0 spiro atoms. The largest absolute Gasteiger partial charge is 0.324 e. The molecule has 3 rings (SSSR count). The molecule has 3 amide bonds. The zero-order valence-electron chi connectivity index (χ0n) is 10.8. The molecule has 0 aromatic heterocycles. The van der Waals surface area contributed by atoms with Gasteiger partial charge >= 0.3 is 0 Å². The third kappa shape index (κ3) is 1.99. The van der Waals surface area contributed by atoms with Crippen molar-refractivity contribution in [1.29, 1.82) is 0 Å². The molecule has 6 nitrogen and oxygen atoms in total. The highest BCUT2D eigenvalue weighted by Gasteiger charge is 2.35. The molecule has 104 valence electrons. The van der Waals surface area contributed by atoms with E-state index in [-0.39, 0.29) is 29.3 Å². The molecular weight excluding hydrogens is 278 g/mol. The number of nitrogens with one attached hydrogen (secondary N) is 2. The normalized spacial score (nSPS) is 21.2. The molecule has 0 bridgehead atoms. The van der Waals surface area contributed by atoms with Crippen LogP contribution in [0.2, 0.25) is 0 Å². The van der Waals surface area contributed by atoms with Gasteiger partial charge in [0, 0.05) is 18.7 Å². The number of anilines is 1. The Morgan fingerprint density at radius 2 is 2.20 bits per heavy atom. The highest BCUT2D eigenvalue weighted by molar-refractivity contribution is 7.99. The standard InChI is InChI=1S/C13H13N3O3S/c1-16-12(18)7-3-2-4-8(10(7)13(16)19)15-11(17)9-5-20-6-14-9/h2-4,9,14H,5-6H2,1H3,(H,15,17). The number of nitrogens with zero attached hydrogens (tertiary/aromatic N) is 1. The first-order chi connectivity index (χ1) is 9.59. The molecule has 1 atom stereocenters. The third-order valence-electron chi connectivity index (χ3n) is 3.41. The molecule has 0 saturated carbocycles. The van der Waals surface area contributed by atoms with Crippen LogP contribution >= 0.6 is 11.8 Å². The first-order valence-corrected chi connectivity index (χ1v) is 7.32. The van der Waals surface area contributed by atoms with Crippen molar-refractivity contribution < 1.29 is 14.4 Å². The summed E-state index contributed by atoms with van der Waals surface area (Å²) in [6.45, 7) is 0. The Bertz CT molecular complexity index is 611. The summed E-state index contributed by atoms with van der Waals surface area (Å²) in [6.07, 6.45) is 0. The van der Waals surface area contributed by atoms with Crippen molar-refractivity contribution in [3.8, 4) is 0 Å². The molecule has 1 aromatic rings. The van der Waals surface area contributed by atoms with Crippen LogP contribution in [0.15, 0.2) is 18.2 Å². The molecule has 2 heterocycles. The Balaban J connectivity index is 1.90. The van der Waals surface area contributed by atoms with E-state index >= 15 is 0 Å². The summed E-state index contributed by atoms with van der Waals surface area (Å²) in [4.78, 5) is 37.1. The van der Waals surface area contributed by atoms with Gasteiger partial charge in [-0.15, -0.1) is 11.8 Å². The van der Waals surface area contributed by atoms with Crippen LogP contribution in [0.4, 0.5) is 5.69 Å². The van der Waals surface area contributed by atoms with E-state index in [4.69, 9.17) is 0 Å². The lowest BCUT2D eigenvalue weighted by Gasteiger charge is -2.12. The van der Waals surface area contributed by atoms with Gasteiger partial charge in [-0.3, -0.25) is 24.6 Å². The maximum atomic E-state index is 12.1. The summed E-state index contributed by atoms with van der Waals surface area (Å²) >= 11 is 1.65. The second-order valence-corrected chi connectivity index (χ2v) is 5.69. The lowest BCUT2D eigenvalue weighted by Crippen LogP contribution is -2.37. The van der Waals surface area contributed by atoms with Gasteiger partial charge in [-0.05, 0) is 12.1 Å². The van der Waals surface area contributed by atoms with Crippen molar-refractivity contribution in [1.82, 2.24) is 10.2 Å². The van der Waals surface area contributed by atoms with Gasteiger partial charge in [0.05, 0.1) is 22.9 Å². The van der Waals surface area contributed by atoms with Gasteiger partial charge in [0.2, 0.25) is 5.91 Å². The molecule has 2 aliphatic heterocycles. The van der Waals surface area contributed by atoms with Crippen molar-refractivity contribution in [2.24, 2.45) is 0 Å². The van der Waals surface area contributed by atoms with Gasteiger partial charge in [0.1, 0.15) is 0 Å². The van der Waals surface area contributed by atoms with Gasteiger partial charge in [-0.25, -0.2) is 0 Å². The molecule has 1 aromatic carbocycles. The lowest BCUT2D eigenvalue weighted by molar-refractivity contribution is -0.117. The van der Waals surface area contributed by atoms with Crippen LogP contribution in [0.25, 0.3) is 0 Å². The minimum absolute atomic E-state index is 0.182. The number of hydrogen-bond acceptors (Lipinski definition) is 5. The summed E-state index contributed by atoms with van der Waals surface area (Å²) in [5.74, 6) is 0.544. The van der Waals surface area contributed by atoms with Crippen LogP contribution in [-0.2, 0) is 4.79 Å². The zero-order chi connectivity index (χ0) is 14.3. The fraction of sp³-hybridized carbons (Fsp3) is 0.308. The second kappa shape index (κ2) is 4.92. The van der Waals surface area contributed by atoms with Crippen LogP contribution in [0.1, 0.15) is 20.7 Å².